The van der Waals surface area contributed by atoms with Crippen molar-refractivity contribution in [3.8, 4) is 11.1 Å². The quantitative estimate of drug-likeness (QED) is 0.683. The zero-order chi connectivity index (χ0) is 18.4. The van der Waals surface area contributed by atoms with Crippen LogP contribution in [0, 0.1) is 0 Å². The number of benzene rings is 3. The van der Waals surface area contributed by atoms with Gasteiger partial charge in [-0.1, -0.05) is 84.9 Å². The molecule has 130 valence electrons. The molecule has 0 fully saturated rings. The number of aliphatic hydroxyl groups excluding tert-OH is 1. The van der Waals surface area contributed by atoms with E-state index in [1.54, 1.807) is 0 Å². The zero-order valence-electron chi connectivity index (χ0n) is 14.3. The number of aromatic carboxylic acids is 1. The number of aliphatic hydroxyl groups is 1. The van der Waals surface area contributed by atoms with Crippen molar-refractivity contribution in [2.45, 2.75) is 6.42 Å². The third-order valence-corrected chi connectivity index (χ3v) is 4.33. The monoisotopic (exact) mass is 344 g/mol. The largest absolute Gasteiger partial charge is 0.478 e. The summed E-state index contributed by atoms with van der Waals surface area (Å²) in [6.07, 6.45) is 2.33. The minimum absolute atomic E-state index is 0.0925. The fraction of sp³-hybridized carbons (Fsp3) is 0.0870. The highest BCUT2D eigenvalue weighted by atomic mass is 16.4. The number of carbonyl (C=O) groups is 1. The lowest BCUT2D eigenvalue weighted by Crippen LogP contribution is -2.05. The van der Waals surface area contributed by atoms with Gasteiger partial charge in [0.05, 0.1) is 12.2 Å². The molecule has 0 heterocycles. The first-order valence-electron chi connectivity index (χ1n) is 8.46. The summed E-state index contributed by atoms with van der Waals surface area (Å²) >= 11 is 0. The smallest absolute Gasteiger partial charge is 0.336 e. The van der Waals surface area contributed by atoms with Gasteiger partial charge < -0.3 is 10.2 Å². The van der Waals surface area contributed by atoms with Crippen molar-refractivity contribution in [3.05, 3.63) is 102 Å². The van der Waals surface area contributed by atoms with Crippen LogP contribution in [0.15, 0.2) is 84.9 Å². The lowest BCUT2D eigenvalue weighted by molar-refractivity contribution is 0.0696. The van der Waals surface area contributed by atoms with Crippen LogP contribution in [-0.4, -0.2) is 22.8 Å². The Hall–Kier alpha value is -3.17. The molecule has 0 saturated carbocycles. The van der Waals surface area contributed by atoms with Gasteiger partial charge in [-0.15, -0.1) is 0 Å². The van der Waals surface area contributed by atoms with E-state index in [4.69, 9.17) is 0 Å². The van der Waals surface area contributed by atoms with Gasteiger partial charge in [-0.25, -0.2) is 4.79 Å². The van der Waals surface area contributed by atoms with Gasteiger partial charge >= 0.3 is 5.97 Å². The van der Waals surface area contributed by atoms with E-state index < -0.39 is 5.97 Å². The highest BCUT2D eigenvalue weighted by Crippen LogP contribution is 2.27. The fourth-order valence-electron chi connectivity index (χ4n) is 3.04. The second kappa shape index (κ2) is 8.28. The summed E-state index contributed by atoms with van der Waals surface area (Å²) in [4.78, 5) is 11.9. The Kier molecular flexibility index (Phi) is 5.62. The summed E-state index contributed by atoms with van der Waals surface area (Å²) in [6, 6.07) is 24.7. The van der Waals surface area contributed by atoms with Crippen LogP contribution in [-0.2, 0) is 6.42 Å². The molecule has 3 aromatic carbocycles. The summed E-state index contributed by atoms with van der Waals surface area (Å²) in [5.74, 6) is -0.946. The first-order chi connectivity index (χ1) is 12.7. The van der Waals surface area contributed by atoms with Crippen LogP contribution in [0.25, 0.3) is 16.7 Å². The molecule has 0 aliphatic carbocycles. The van der Waals surface area contributed by atoms with Crippen LogP contribution < -0.4 is 0 Å². The van der Waals surface area contributed by atoms with Crippen LogP contribution >= 0.6 is 0 Å². The van der Waals surface area contributed by atoms with Crippen molar-refractivity contribution in [1.29, 1.82) is 0 Å². The maximum Gasteiger partial charge on any atom is 0.336 e. The van der Waals surface area contributed by atoms with Crippen molar-refractivity contribution in [2.24, 2.45) is 0 Å². The molecule has 0 aliphatic heterocycles. The summed E-state index contributed by atoms with van der Waals surface area (Å²) < 4.78 is 0. The predicted molar refractivity (Wildman–Crippen MR) is 104 cm³/mol. The van der Waals surface area contributed by atoms with E-state index >= 15 is 0 Å². The standard InChI is InChI=1S/C23H20O3/c24-16-20(17-8-3-1-4-9-17)15-14-19-12-7-13-21(22(19)23(25)26)18-10-5-2-6-11-18/h1-13,15,24H,14,16H2,(H,25,26). The van der Waals surface area contributed by atoms with Crippen LogP contribution in [0.4, 0.5) is 0 Å². The van der Waals surface area contributed by atoms with E-state index in [1.165, 1.54) is 0 Å². The summed E-state index contributed by atoms with van der Waals surface area (Å²) in [7, 11) is 0. The molecule has 0 spiro atoms. The molecule has 0 radical (unpaired) electrons. The summed E-state index contributed by atoms with van der Waals surface area (Å²) in [5, 5.41) is 19.5. The summed E-state index contributed by atoms with van der Waals surface area (Å²) in [6.45, 7) is -0.0925. The van der Waals surface area contributed by atoms with Gasteiger partial charge in [0.15, 0.2) is 0 Å². The van der Waals surface area contributed by atoms with Crippen molar-refractivity contribution in [1.82, 2.24) is 0 Å². The molecule has 2 N–H and O–H groups in total. The van der Waals surface area contributed by atoms with E-state index in [0.717, 1.165) is 22.3 Å². The van der Waals surface area contributed by atoms with Crippen molar-refractivity contribution in [2.75, 3.05) is 6.61 Å². The van der Waals surface area contributed by atoms with Gasteiger partial charge in [0.2, 0.25) is 0 Å². The number of carboxylic acid groups (broad SMARTS) is 1. The molecular weight excluding hydrogens is 324 g/mol. The number of hydrogen-bond acceptors (Lipinski definition) is 2. The number of carboxylic acids is 1. The van der Waals surface area contributed by atoms with Crippen molar-refractivity contribution in [3.63, 3.8) is 0 Å². The molecular formula is C23H20O3. The second-order valence-electron chi connectivity index (χ2n) is 5.97. The topological polar surface area (TPSA) is 57.5 Å². The maximum atomic E-state index is 11.9. The Bertz CT molecular complexity index is 913. The van der Waals surface area contributed by atoms with Crippen molar-refractivity contribution >= 4 is 11.5 Å². The molecule has 3 nitrogen and oxygen atoms in total. The molecule has 0 aliphatic rings. The molecule has 3 aromatic rings. The number of rotatable bonds is 6. The molecule has 0 aromatic heterocycles. The number of hydrogen-bond donors (Lipinski definition) is 2. The SMILES string of the molecule is O=C(O)c1c(CC=C(CO)c2ccccc2)cccc1-c1ccccc1. The van der Waals surface area contributed by atoms with Crippen LogP contribution in [0.5, 0.6) is 0 Å². The van der Waals surface area contributed by atoms with Gasteiger partial charge in [0.25, 0.3) is 0 Å². The second-order valence-corrected chi connectivity index (χ2v) is 5.97. The maximum absolute atomic E-state index is 11.9. The van der Waals surface area contributed by atoms with Gasteiger partial charge in [-0.05, 0) is 34.2 Å². The lowest BCUT2D eigenvalue weighted by atomic mass is 9.93. The Labute approximate surface area is 152 Å². The van der Waals surface area contributed by atoms with Crippen LogP contribution in [0.3, 0.4) is 0 Å². The fourth-order valence-corrected chi connectivity index (χ4v) is 3.04. The number of allylic oxidation sites excluding steroid dienone is 1. The van der Waals surface area contributed by atoms with Gasteiger partial charge in [0.1, 0.15) is 0 Å². The molecule has 3 rings (SSSR count). The van der Waals surface area contributed by atoms with Crippen LogP contribution in [0.1, 0.15) is 21.5 Å². The molecule has 0 bridgehead atoms. The van der Waals surface area contributed by atoms with Gasteiger partial charge in [-0.2, -0.15) is 0 Å². The van der Waals surface area contributed by atoms with Crippen molar-refractivity contribution < 1.29 is 15.0 Å². The lowest BCUT2D eigenvalue weighted by Gasteiger charge is -2.12. The van der Waals surface area contributed by atoms with E-state index in [2.05, 4.69) is 0 Å². The highest BCUT2D eigenvalue weighted by molar-refractivity contribution is 5.97. The van der Waals surface area contributed by atoms with Crippen LogP contribution in [0.2, 0.25) is 0 Å². The minimum Gasteiger partial charge on any atom is -0.478 e. The Morgan fingerprint density at radius 3 is 2.12 bits per heavy atom. The third-order valence-electron chi connectivity index (χ3n) is 4.33. The van der Waals surface area contributed by atoms with Gasteiger partial charge in [-0.3, -0.25) is 0 Å². The zero-order valence-corrected chi connectivity index (χ0v) is 14.3. The first kappa shape index (κ1) is 17.6. The average molecular weight is 344 g/mol. The Morgan fingerprint density at radius 1 is 0.846 bits per heavy atom. The molecule has 26 heavy (non-hydrogen) atoms. The average Bonchev–Trinajstić information content (AvgIpc) is 2.69. The van der Waals surface area contributed by atoms with E-state index in [9.17, 15) is 15.0 Å². The highest BCUT2D eigenvalue weighted by Gasteiger charge is 2.16. The molecule has 0 amide bonds. The third kappa shape index (κ3) is 3.90. The van der Waals surface area contributed by atoms with E-state index in [-0.39, 0.29) is 6.61 Å². The molecule has 0 atom stereocenters. The Morgan fingerprint density at radius 2 is 1.50 bits per heavy atom. The van der Waals surface area contributed by atoms with E-state index in [1.807, 2.05) is 84.9 Å². The normalized spacial score (nSPS) is 11.3. The van der Waals surface area contributed by atoms with E-state index in [0.29, 0.717) is 17.5 Å². The molecule has 3 heteroatoms. The minimum atomic E-state index is -0.946. The molecule has 0 saturated heterocycles. The van der Waals surface area contributed by atoms with Gasteiger partial charge in [0, 0.05) is 0 Å². The first-order valence-corrected chi connectivity index (χ1v) is 8.46. The Balaban J connectivity index is 2.00. The molecule has 0 unspecified atom stereocenters. The predicted octanol–water partition coefficient (Wildman–Crippen LogP) is 4.67. The summed E-state index contributed by atoms with van der Waals surface area (Å²) in [5.41, 5.74) is 4.33.